The topological polar surface area (TPSA) is 82.7 Å². The van der Waals surface area contributed by atoms with E-state index in [0.29, 0.717) is 37.6 Å². The molecule has 1 atom stereocenters. The first-order valence-electron chi connectivity index (χ1n) is 9.92. The second-order valence-corrected chi connectivity index (χ2v) is 7.30. The number of rotatable bonds is 6. The van der Waals surface area contributed by atoms with Crippen LogP contribution in [0.1, 0.15) is 32.1 Å². The molecule has 0 spiro atoms. The summed E-state index contributed by atoms with van der Waals surface area (Å²) in [5.41, 5.74) is 1.39. The molecule has 1 aromatic rings. The molecule has 1 unspecified atom stereocenters. The predicted octanol–water partition coefficient (Wildman–Crippen LogP) is 1.82. The normalized spacial score (nSPS) is 21.3. The first-order valence-corrected chi connectivity index (χ1v) is 9.92. The number of nitrogens with zero attached hydrogens (tertiary/aromatic N) is 1. The largest absolute Gasteiger partial charge is 0.378 e. The Labute approximate surface area is 160 Å². The number of carbonyl (C=O) groups excluding carboxylic acids is 2. The van der Waals surface area contributed by atoms with Crippen LogP contribution in [0.15, 0.2) is 24.3 Å². The minimum absolute atomic E-state index is 0.0102. The van der Waals surface area contributed by atoms with Crippen molar-refractivity contribution in [3.63, 3.8) is 0 Å². The van der Waals surface area contributed by atoms with Gasteiger partial charge in [-0.15, -0.1) is 0 Å². The Hall–Kier alpha value is -1.96. The molecule has 2 aliphatic rings. The fraction of sp³-hybridized carbons (Fsp3) is 0.600. The number of hydrogen-bond donors (Lipinski definition) is 3. The number of amides is 2. The van der Waals surface area contributed by atoms with Crippen molar-refractivity contribution in [3.8, 4) is 0 Å². The van der Waals surface area contributed by atoms with Gasteiger partial charge in [0.15, 0.2) is 0 Å². The van der Waals surface area contributed by atoms with E-state index in [1.54, 1.807) is 6.07 Å². The predicted molar refractivity (Wildman–Crippen MR) is 106 cm³/mol. The number of carbonyl (C=O) groups is 2. The SMILES string of the molecule is O=C(CC1COCCN1)Nc1cccc(NC(=O)CN2CCCCCC2)c1. The number of nitrogens with one attached hydrogen (secondary N) is 3. The van der Waals surface area contributed by atoms with Crippen molar-refractivity contribution in [2.75, 3.05) is 50.0 Å². The molecule has 0 aliphatic carbocycles. The maximum Gasteiger partial charge on any atom is 0.238 e. The van der Waals surface area contributed by atoms with Gasteiger partial charge in [0.05, 0.1) is 19.8 Å². The first-order chi connectivity index (χ1) is 13.2. The van der Waals surface area contributed by atoms with Crippen LogP contribution in [0.5, 0.6) is 0 Å². The van der Waals surface area contributed by atoms with Crippen molar-refractivity contribution >= 4 is 23.2 Å². The highest BCUT2D eigenvalue weighted by Gasteiger charge is 2.17. The van der Waals surface area contributed by atoms with E-state index < -0.39 is 0 Å². The van der Waals surface area contributed by atoms with E-state index in [-0.39, 0.29) is 17.9 Å². The van der Waals surface area contributed by atoms with Crippen LogP contribution in [0, 0.1) is 0 Å². The van der Waals surface area contributed by atoms with Crippen LogP contribution < -0.4 is 16.0 Å². The van der Waals surface area contributed by atoms with E-state index in [0.717, 1.165) is 32.5 Å². The Morgan fingerprint density at radius 1 is 1.07 bits per heavy atom. The highest BCUT2D eigenvalue weighted by atomic mass is 16.5. The maximum absolute atomic E-state index is 12.3. The molecular weight excluding hydrogens is 344 g/mol. The van der Waals surface area contributed by atoms with Crippen LogP contribution in [-0.4, -0.2) is 62.1 Å². The van der Waals surface area contributed by atoms with E-state index in [9.17, 15) is 9.59 Å². The third kappa shape index (κ3) is 6.93. The highest BCUT2D eigenvalue weighted by molar-refractivity contribution is 5.95. The summed E-state index contributed by atoms with van der Waals surface area (Å²) < 4.78 is 5.37. The lowest BCUT2D eigenvalue weighted by molar-refractivity contribution is -0.118. The molecule has 3 N–H and O–H groups in total. The Morgan fingerprint density at radius 2 is 1.78 bits per heavy atom. The zero-order valence-corrected chi connectivity index (χ0v) is 15.8. The lowest BCUT2D eigenvalue weighted by Gasteiger charge is -2.23. The molecule has 27 heavy (non-hydrogen) atoms. The standard InChI is InChI=1S/C20H30N4O3/c25-19(13-18-15-27-11-8-21-18)22-16-6-5-7-17(12-16)23-20(26)14-24-9-3-1-2-4-10-24/h5-7,12,18,21H,1-4,8-11,13-15H2,(H,22,25)(H,23,26). The van der Waals surface area contributed by atoms with Gasteiger partial charge in [-0.05, 0) is 44.1 Å². The molecule has 148 valence electrons. The van der Waals surface area contributed by atoms with Gasteiger partial charge in [0.1, 0.15) is 0 Å². The summed E-state index contributed by atoms with van der Waals surface area (Å²) in [6.45, 7) is 4.42. The molecule has 2 amide bonds. The second-order valence-electron chi connectivity index (χ2n) is 7.30. The molecule has 2 saturated heterocycles. The van der Waals surface area contributed by atoms with Crippen molar-refractivity contribution in [1.82, 2.24) is 10.2 Å². The van der Waals surface area contributed by atoms with Crippen LogP contribution in [0.4, 0.5) is 11.4 Å². The lowest BCUT2D eigenvalue weighted by atomic mass is 10.2. The average Bonchev–Trinajstić information content (AvgIpc) is 2.91. The maximum atomic E-state index is 12.3. The van der Waals surface area contributed by atoms with Crippen molar-refractivity contribution in [1.29, 1.82) is 0 Å². The summed E-state index contributed by atoms with van der Waals surface area (Å²) >= 11 is 0. The molecule has 7 nitrogen and oxygen atoms in total. The van der Waals surface area contributed by atoms with Gasteiger partial charge in [-0.2, -0.15) is 0 Å². The van der Waals surface area contributed by atoms with E-state index >= 15 is 0 Å². The van der Waals surface area contributed by atoms with Gasteiger partial charge in [0.2, 0.25) is 11.8 Å². The fourth-order valence-corrected chi connectivity index (χ4v) is 3.56. The highest BCUT2D eigenvalue weighted by Crippen LogP contribution is 2.16. The van der Waals surface area contributed by atoms with Crippen molar-refractivity contribution < 1.29 is 14.3 Å². The Morgan fingerprint density at radius 3 is 2.44 bits per heavy atom. The van der Waals surface area contributed by atoms with Gasteiger partial charge < -0.3 is 20.7 Å². The van der Waals surface area contributed by atoms with Crippen LogP contribution in [-0.2, 0) is 14.3 Å². The fourth-order valence-electron chi connectivity index (χ4n) is 3.56. The molecule has 7 heteroatoms. The number of morpholine rings is 1. The summed E-state index contributed by atoms with van der Waals surface area (Å²) in [4.78, 5) is 26.8. The van der Waals surface area contributed by atoms with Crippen molar-refractivity contribution in [3.05, 3.63) is 24.3 Å². The number of anilines is 2. The zero-order valence-electron chi connectivity index (χ0n) is 15.8. The van der Waals surface area contributed by atoms with E-state index in [2.05, 4.69) is 20.9 Å². The summed E-state index contributed by atoms with van der Waals surface area (Å²) in [5, 5.41) is 9.11. The molecule has 1 aromatic carbocycles. The van der Waals surface area contributed by atoms with Crippen LogP contribution in [0.2, 0.25) is 0 Å². The van der Waals surface area contributed by atoms with Gasteiger partial charge in [0, 0.05) is 30.4 Å². The molecule has 2 aliphatic heterocycles. The quantitative estimate of drug-likeness (QED) is 0.708. The molecule has 0 bridgehead atoms. The summed E-state index contributed by atoms with van der Waals surface area (Å²) in [6.07, 6.45) is 5.20. The minimum Gasteiger partial charge on any atom is -0.378 e. The zero-order chi connectivity index (χ0) is 18.9. The van der Waals surface area contributed by atoms with Crippen LogP contribution >= 0.6 is 0 Å². The monoisotopic (exact) mass is 374 g/mol. The second kappa shape index (κ2) is 10.4. The van der Waals surface area contributed by atoms with Gasteiger partial charge >= 0.3 is 0 Å². The Bertz CT molecular complexity index is 623. The van der Waals surface area contributed by atoms with Crippen molar-refractivity contribution in [2.24, 2.45) is 0 Å². The van der Waals surface area contributed by atoms with Gasteiger partial charge in [-0.25, -0.2) is 0 Å². The molecule has 0 saturated carbocycles. The van der Waals surface area contributed by atoms with E-state index in [1.165, 1.54) is 12.8 Å². The number of ether oxygens (including phenoxy) is 1. The molecule has 2 fully saturated rings. The Balaban J connectivity index is 1.47. The molecular formula is C20H30N4O3. The van der Waals surface area contributed by atoms with Crippen molar-refractivity contribution in [2.45, 2.75) is 38.1 Å². The van der Waals surface area contributed by atoms with E-state index in [4.69, 9.17) is 4.74 Å². The number of hydrogen-bond acceptors (Lipinski definition) is 5. The van der Waals surface area contributed by atoms with Crippen LogP contribution in [0.25, 0.3) is 0 Å². The van der Waals surface area contributed by atoms with Gasteiger partial charge in [-0.1, -0.05) is 18.9 Å². The van der Waals surface area contributed by atoms with Gasteiger partial charge in [0.25, 0.3) is 0 Å². The molecule has 3 rings (SSSR count). The number of benzene rings is 1. The molecule has 0 aromatic heterocycles. The smallest absolute Gasteiger partial charge is 0.238 e. The average molecular weight is 374 g/mol. The first kappa shape index (κ1) is 19.8. The summed E-state index contributed by atoms with van der Waals surface area (Å²) in [5.74, 6) is -0.0741. The third-order valence-electron chi connectivity index (χ3n) is 4.93. The Kier molecular flexibility index (Phi) is 7.62. The molecule has 2 heterocycles. The van der Waals surface area contributed by atoms with Gasteiger partial charge in [-0.3, -0.25) is 14.5 Å². The lowest BCUT2D eigenvalue weighted by Crippen LogP contribution is -2.43. The summed E-state index contributed by atoms with van der Waals surface area (Å²) in [7, 11) is 0. The third-order valence-corrected chi connectivity index (χ3v) is 4.93. The summed E-state index contributed by atoms with van der Waals surface area (Å²) in [6, 6.07) is 7.34. The molecule has 0 radical (unpaired) electrons. The van der Waals surface area contributed by atoms with E-state index in [1.807, 2.05) is 18.2 Å². The minimum atomic E-state index is -0.0638. The number of likely N-dealkylation sites (tertiary alicyclic amines) is 1. The van der Waals surface area contributed by atoms with Crippen LogP contribution in [0.3, 0.4) is 0 Å².